The van der Waals surface area contributed by atoms with Crippen molar-refractivity contribution in [3.8, 4) is 10.7 Å². The molecule has 0 aliphatic carbocycles. The molecule has 1 amide bonds. The van der Waals surface area contributed by atoms with Crippen molar-refractivity contribution in [3.05, 3.63) is 35.1 Å². The van der Waals surface area contributed by atoms with Gasteiger partial charge < -0.3 is 4.90 Å². The molecular formula is C23H25F2N5OS. The van der Waals surface area contributed by atoms with Crippen molar-refractivity contribution < 1.29 is 13.6 Å². The molecule has 0 N–H and O–H groups in total. The average Bonchev–Trinajstić information content (AvgIpc) is 3.32. The third-order valence-corrected chi connectivity index (χ3v) is 7.48. The number of nitrogens with zero attached hydrogens (tertiary/aromatic N) is 5. The molecular weight excluding hydrogens is 432 g/mol. The van der Waals surface area contributed by atoms with Gasteiger partial charge in [0.15, 0.2) is 5.01 Å². The van der Waals surface area contributed by atoms with E-state index >= 15 is 0 Å². The van der Waals surface area contributed by atoms with Gasteiger partial charge in [0, 0.05) is 30.1 Å². The van der Waals surface area contributed by atoms with E-state index in [1.54, 1.807) is 6.20 Å². The van der Waals surface area contributed by atoms with Gasteiger partial charge in [-0.05, 0) is 63.1 Å². The quantitative estimate of drug-likeness (QED) is 0.531. The van der Waals surface area contributed by atoms with Crippen molar-refractivity contribution in [1.29, 1.82) is 0 Å². The highest BCUT2D eigenvalue weighted by Gasteiger charge is 2.42. The molecule has 2 saturated heterocycles. The van der Waals surface area contributed by atoms with E-state index in [9.17, 15) is 13.6 Å². The van der Waals surface area contributed by atoms with Crippen LogP contribution in [0.3, 0.4) is 0 Å². The Bertz CT molecular complexity index is 1120. The Hall–Kier alpha value is -2.55. The summed E-state index contributed by atoms with van der Waals surface area (Å²) in [4.78, 5) is 24.4. The molecule has 3 aromatic rings. The van der Waals surface area contributed by atoms with E-state index in [0.717, 1.165) is 52.3 Å². The molecule has 1 unspecified atom stereocenters. The van der Waals surface area contributed by atoms with Crippen molar-refractivity contribution in [2.45, 2.75) is 70.4 Å². The van der Waals surface area contributed by atoms with E-state index in [-0.39, 0.29) is 30.8 Å². The van der Waals surface area contributed by atoms with Crippen LogP contribution in [-0.4, -0.2) is 49.5 Å². The fraction of sp³-hybridized carbons (Fsp3) is 0.522. The lowest BCUT2D eigenvalue weighted by atomic mass is 9.87. The summed E-state index contributed by atoms with van der Waals surface area (Å²) in [6.45, 7) is 1.91. The van der Waals surface area contributed by atoms with Gasteiger partial charge in [0.1, 0.15) is 10.7 Å². The standard InChI is InChI=1S/C23H25F2N5OS/c1-13-28-29-23(32-13)19-6-3-15-12-26-16(10-20(15)27-19)11-22(31)30-17-4-5-18(30)9-14(8-17)2-7-21(24)25/h3,6,10,12,14,17-18,21H,2,4-5,7-9,11H2,1H3/t14?,17-,18+. The summed E-state index contributed by atoms with van der Waals surface area (Å²) in [6, 6.07) is 6.09. The van der Waals surface area contributed by atoms with Crippen molar-refractivity contribution >= 4 is 28.1 Å². The van der Waals surface area contributed by atoms with E-state index < -0.39 is 6.43 Å². The van der Waals surface area contributed by atoms with Crippen LogP contribution in [0, 0.1) is 12.8 Å². The first kappa shape index (κ1) is 21.3. The van der Waals surface area contributed by atoms with Gasteiger partial charge >= 0.3 is 0 Å². The lowest BCUT2D eigenvalue weighted by Crippen LogP contribution is -2.47. The first-order valence-electron chi connectivity index (χ1n) is 11.1. The molecule has 3 aromatic heterocycles. The molecule has 6 nitrogen and oxygen atoms in total. The zero-order valence-corrected chi connectivity index (χ0v) is 18.7. The molecule has 2 bridgehead atoms. The van der Waals surface area contributed by atoms with Gasteiger partial charge in [-0.25, -0.2) is 13.8 Å². The smallest absolute Gasteiger partial charge is 0.238 e. The van der Waals surface area contributed by atoms with Crippen LogP contribution in [0.25, 0.3) is 21.6 Å². The number of piperidine rings is 1. The largest absolute Gasteiger partial charge is 0.336 e. The lowest BCUT2D eigenvalue weighted by molar-refractivity contribution is -0.135. The van der Waals surface area contributed by atoms with Crippen LogP contribution in [-0.2, 0) is 11.2 Å². The summed E-state index contributed by atoms with van der Waals surface area (Å²) in [7, 11) is 0. The van der Waals surface area contributed by atoms with Crippen LogP contribution in [0.1, 0.15) is 49.2 Å². The number of halogens is 2. The second-order valence-corrected chi connectivity index (χ2v) is 10.0. The molecule has 9 heteroatoms. The van der Waals surface area contributed by atoms with Gasteiger partial charge in [-0.15, -0.1) is 10.2 Å². The molecule has 168 valence electrons. The zero-order valence-electron chi connectivity index (χ0n) is 17.9. The minimum atomic E-state index is -2.24. The fourth-order valence-electron chi connectivity index (χ4n) is 5.21. The summed E-state index contributed by atoms with van der Waals surface area (Å²) in [5.74, 6) is 0.378. The molecule has 0 spiro atoms. The molecule has 2 fully saturated rings. The first-order valence-corrected chi connectivity index (χ1v) is 11.9. The van der Waals surface area contributed by atoms with E-state index in [2.05, 4.69) is 15.2 Å². The molecule has 2 aliphatic heterocycles. The maximum Gasteiger partial charge on any atom is 0.238 e. The molecule has 5 rings (SSSR count). The SMILES string of the molecule is Cc1nnc(-c2ccc3cnc(CC(=O)N4[C@@H]5CC[C@H]4CC(CCC(F)F)C5)cc3n2)s1. The van der Waals surface area contributed by atoms with Crippen molar-refractivity contribution in [3.63, 3.8) is 0 Å². The third-order valence-electron chi connectivity index (χ3n) is 6.62. The topological polar surface area (TPSA) is 71.9 Å². The van der Waals surface area contributed by atoms with Crippen molar-refractivity contribution in [2.75, 3.05) is 0 Å². The number of alkyl halides is 2. The number of carbonyl (C=O) groups excluding carboxylic acids is 1. The van der Waals surface area contributed by atoms with Gasteiger partial charge in [-0.1, -0.05) is 11.3 Å². The molecule has 0 radical (unpaired) electrons. The highest BCUT2D eigenvalue weighted by atomic mass is 32.1. The van der Waals surface area contributed by atoms with Crippen molar-refractivity contribution in [1.82, 2.24) is 25.1 Å². The summed E-state index contributed by atoms with van der Waals surface area (Å²) in [5.41, 5.74) is 2.23. The van der Waals surface area contributed by atoms with E-state index in [0.29, 0.717) is 18.0 Å². The van der Waals surface area contributed by atoms with Crippen LogP contribution in [0.4, 0.5) is 8.78 Å². The minimum Gasteiger partial charge on any atom is -0.336 e. The Morgan fingerprint density at radius 1 is 1.22 bits per heavy atom. The third kappa shape index (κ3) is 4.35. The second-order valence-electron chi connectivity index (χ2n) is 8.86. The fourth-order valence-corrected chi connectivity index (χ4v) is 5.88. The predicted molar refractivity (Wildman–Crippen MR) is 119 cm³/mol. The Balaban J connectivity index is 1.29. The van der Waals surface area contributed by atoms with Gasteiger partial charge in [0.05, 0.1) is 17.6 Å². The number of carbonyl (C=O) groups is 1. The van der Waals surface area contributed by atoms with Gasteiger partial charge in [-0.2, -0.15) is 0 Å². The number of amides is 1. The average molecular weight is 458 g/mol. The minimum absolute atomic E-state index is 0.0370. The number of fused-ring (bicyclic) bond motifs is 3. The van der Waals surface area contributed by atoms with Crippen LogP contribution < -0.4 is 0 Å². The summed E-state index contributed by atoms with van der Waals surface area (Å²) >= 11 is 1.49. The lowest BCUT2D eigenvalue weighted by Gasteiger charge is -2.39. The molecule has 5 heterocycles. The summed E-state index contributed by atoms with van der Waals surface area (Å²) in [6.07, 6.45) is 3.89. The van der Waals surface area contributed by atoms with Gasteiger partial charge in [0.25, 0.3) is 0 Å². The Morgan fingerprint density at radius 3 is 2.69 bits per heavy atom. The number of hydrogen-bond acceptors (Lipinski definition) is 6. The van der Waals surface area contributed by atoms with E-state index in [1.807, 2.05) is 30.0 Å². The first-order chi connectivity index (χ1) is 15.5. The van der Waals surface area contributed by atoms with Crippen LogP contribution in [0.2, 0.25) is 0 Å². The Kier molecular flexibility index (Phi) is 5.84. The molecule has 32 heavy (non-hydrogen) atoms. The molecule has 3 atom stereocenters. The summed E-state index contributed by atoms with van der Waals surface area (Å²) < 4.78 is 25.2. The number of pyridine rings is 2. The predicted octanol–water partition coefficient (Wildman–Crippen LogP) is 4.81. The number of aryl methyl sites for hydroxylation is 1. The number of aromatic nitrogens is 4. The van der Waals surface area contributed by atoms with E-state index in [1.165, 1.54) is 11.3 Å². The maximum absolute atomic E-state index is 13.2. The highest BCUT2D eigenvalue weighted by Crippen LogP contribution is 2.41. The number of rotatable bonds is 6. The Morgan fingerprint density at radius 2 is 2.00 bits per heavy atom. The monoisotopic (exact) mass is 457 g/mol. The van der Waals surface area contributed by atoms with E-state index in [4.69, 9.17) is 4.98 Å². The summed E-state index contributed by atoms with van der Waals surface area (Å²) in [5, 5.41) is 10.8. The van der Waals surface area contributed by atoms with Crippen LogP contribution >= 0.6 is 11.3 Å². The molecule has 0 aromatic carbocycles. The van der Waals surface area contributed by atoms with Crippen LogP contribution in [0.5, 0.6) is 0 Å². The van der Waals surface area contributed by atoms with Gasteiger partial charge in [-0.3, -0.25) is 9.78 Å². The molecule has 2 aliphatic rings. The van der Waals surface area contributed by atoms with Gasteiger partial charge in [0.2, 0.25) is 12.3 Å². The number of hydrogen-bond donors (Lipinski definition) is 0. The highest BCUT2D eigenvalue weighted by molar-refractivity contribution is 7.14. The zero-order chi connectivity index (χ0) is 22.2. The molecule has 0 saturated carbocycles. The second kappa shape index (κ2) is 8.77. The Labute approximate surface area is 189 Å². The normalized spacial score (nSPS) is 22.8. The maximum atomic E-state index is 13.2. The van der Waals surface area contributed by atoms with Crippen molar-refractivity contribution in [2.24, 2.45) is 5.92 Å². The van der Waals surface area contributed by atoms with Crippen LogP contribution in [0.15, 0.2) is 24.4 Å².